The van der Waals surface area contributed by atoms with Crippen molar-refractivity contribution in [3.8, 4) is 22.9 Å². The van der Waals surface area contributed by atoms with Crippen molar-refractivity contribution in [1.82, 2.24) is 25.5 Å². The summed E-state index contributed by atoms with van der Waals surface area (Å²) in [6.45, 7) is 0.897. The quantitative estimate of drug-likeness (QED) is 0.664. The Kier molecular flexibility index (Phi) is 3.96. The number of rotatable bonds is 4. The first-order valence-electron chi connectivity index (χ1n) is 9.53. The van der Waals surface area contributed by atoms with Crippen LogP contribution in [0.4, 0.5) is 0 Å². The van der Waals surface area contributed by atoms with E-state index in [-0.39, 0.29) is 42.8 Å². The number of tetrazole rings is 1. The van der Waals surface area contributed by atoms with Gasteiger partial charge in [0.15, 0.2) is 23.1 Å². The Labute approximate surface area is 169 Å². The summed E-state index contributed by atoms with van der Waals surface area (Å²) in [6, 6.07) is 8.32. The zero-order chi connectivity index (χ0) is 20.1. The predicted octanol–water partition coefficient (Wildman–Crippen LogP) is 0.799. The average molecular weight is 411 g/mol. The highest BCUT2D eigenvalue weighted by atomic mass is 16.7. The first kappa shape index (κ1) is 17.4. The molecule has 3 aliphatic rings. The van der Waals surface area contributed by atoms with Crippen LogP contribution in [0.5, 0.6) is 11.5 Å². The maximum absolute atomic E-state index is 12.3. The van der Waals surface area contributed by atoms with Crippen molar-refractivity contribution in [2.24, 2.45) is 0 Å². The van der Waals surface area contributed by atoms with Crippen molar-refractivity contribution in [3.05, 3.63) is 42.4 Å². The summed E-state index contributed by atoms with van der Waals surface area (Å²) in [5.41, 5.74) is 0.799. The van der Waals surface area contributed by atoms with Crippen molar-refractivity contribution >= 4 is 5.91 Å². The lowest BCUT2D eigenvalue weighted by Crippen LogP contribution is -2.44. The Morgan fingerprint density at radius 2 is 2.00 bits per heavy atom. The second-order valence-electron chi connectivity index (χ2n) is 7.24. The second kappa shape index (κ2) is 6.82. The minimum atomic E-state index is -0.303. The molecular weight excluding hydrogens is 394 g/mol. The van der Waals surface area contributed by atoms with E-state index in [0.29, 0.717) is 30.5 Å². The molecule has 11 heteroatoms. The van der Waals surface area contributed by atoms with E-state index in [2.05, 4.69) is 20.8 Å². The molecule has 154 valence electrons. The normalized spacial score (nSPS) is 26.7. The van der Waals surface area contributed by atoms with Gasteiger partial charge >= 0.3 is 0 Å². The highest BCUT2D eigenvalue weighted by Gasteiger charge is 2.50. The Hall–Kier alpha value is -3.44. The van der Waals surface area contributed by atoms with E-state index in [4.69, 9.17) is 23.4 Å². The lowest BCUT2D eigenvalue weighted by Gasteiger charge is -2.18. The molecule has 1 N–H and O–H groups in total. The fourth-order valence-corrected chi connectivity index (χ4v) is 4.10. The van der Waals surface area contributed by atoms with Crippen molar-refractivity contribution in [2.75, 3.05) is 20.0 Å². The van der Waals surface area contributed by atoms with E-state index in [1.807, 2.05) is 18.2 Å². The van der Waals surface area contributed by atoms with Gasteiger partial charge in [-0.3, -0.25) is 4.79 Å². The summed E-state index contributed by atoms with van der Waals surface area (Å²) in [7, 11) is 0. The number of nitrogens with one attached hydrogen (secondary N) is 1. The van der Waals surface area contributed by atoms with Crippen molar-refractivity contribution in [2.45, 2.75) is 24.3 Å². The Balaban J connectivity index is 1.22. The van der Waals surface area contributed by atoms with Crippen molar-refractivity contribution < 1.29 is 28.2 Å². The molecule has 2 saturated heterocycles. The first-order chi connectivity index (χ1) is 14.8. The zero-order valence-electron chi connectivity index (χ0n) is 15.6. The summed E-state index contributed by atoms with van der Waals surface area (Å²) in [6.07, 6.45) is 0.867. The minimum absolute atomic E-state index is 0.197. The predicted molar refractivity (Wildman–Crippen MR) is 97.9 cm³/mol. The molecular formula is C19H17N5O6. The van der Waals surface area contributed by atoms with E-state index in [1.165, 1.54) is 6.26 Å². The van der Waals surface area contributed by atoms with Gasteiger partial charge in [-0.2, -0.15) is 0 Å². The molecule has 5 heterocycles. The van der Waals surface area contributed by atoms with E-state index in [1.54, 1.807) is 16.8 Å². The molecule has 11 nitrogen and oxygen atoms in total. The maximum Gasteiger partial charge on any atom is 0.287 e. The summed E-state index contributed by atoms with van der Waals surface area (Å²) < 4.78 is 29.6. The molecule has 2 aromatic heterocycles. The van der Waals surface area contributed by atoms with Gasteiger partial charge in [-0.1, -0.05) is 0 Å². The number of aromatic nitrogens is 4. The van der Waals surface area contributed by atoms with Crippen molar-refractivity contribution in [1.29, 1.82) is 0 Å². The number of ether oxygens (including phenoxy) is 4. The van der Waals surface area contributed by atoms with Gasteiger partial charge in [0, 0.05) is 5.56 Å². The number of carbonyl (C=O) groups excluding carboxylic acids is 1. The third kappa shape index (κ3) is 2.74. The minimum Gasteiger partial charge on any atom is -0.459 e. The topological polar surface area (TPSA) is 123 Å². The van der Waals surface area contributed by atoms with Crippen LogP contribution in [-0.2, 0) is 9.47 Å². The van der Waals surface area contributed by atoms with Crippen LogP contribution < -0.4 is 14.8 Å². The molecule has 0 aliphatic carbocycles. The molecule has 0 radical (unpaired) electrons. The molecule has 3 aromatic rings. The highest BCUT2D eigenvalue weighted by molar-refractivity contribution is 5.91. The zero-order valence-corrected chi connectivity index (χ0v) is 15.6. The van der Waals surface area contributed by atoms with Crippen LogP contribution in [-0.4, -0.2) is 64.4 Å². The van der Waals surface area contributed by atoms with Gasteiger partial charge in [0.2, 0.25) is 6.79 Å². The molecule has 2 fully saturated rings. The number of hydrogen-bond donors (Lipinski definition) is 1. The second-order valence-corrected chi connectivity index (χ2v) is 7.24. The van der Waals surface area contributed by atoms with Gasteiger partial charge in [0.05, 0.1) is 25.5 Å². The molecule has 1 amide bonds. The van der Waals surface area contributed by atoms with E-state index >= 15 is 0 Å². The summed E-state index contributed by atoms with van der Waals surface area (Å²) in [5.74, 6) is 1.87. The summed E-state index contributed by atoms with van der Waals surface area (Å²) in [4.78, 5) is 12.3. The third-order valence-electron chi connectivity index (χ3n) is 5.53. The number of amides is 1. The molecule has 0 bridgehead atoms. The highest BCUT2D eigenvalue weighted by Crippen LogP contribution is 2.38. The Bertz CT molecular complexity index is 1080. The molecule has 0 spiro atoms. The number of benzene rings is 1. The van der Waals surface area contributed by atoms with Crippen LogP contribution in [0.3, 0.4) is 0 Å². The standard InChI is InChI=1S/C19H17N5O6/c25-19(14-2-1-5-26-14)20-11-7-27-17-12(8-28-16(11)17)24-18(21-22-23-24)10-3-4-13-15(6-10)30-9-29-13/h1-6,11-12,16-17H,7-9H2,(H,20,25). The monoisotopic (exact) mass is 411 g/mol. The first-order valence-corrected chi connectivity index (χ1v) is 9.53. The number of furan rings is 1. The molecule has 4 atom stereocenters. The summed E-state index contributed by atoms with van der Waals surface area (Å²) in [5, 5.41) is 15.1. The average Bonchev–Trinajstić information content (AvgIpc) is 3.57. The Morgan fingerprint density at radius 1 is 1.10 bits per heavy atom. The fourth-order valence-electron chi connectivity index (χ4n) is 4.10. The van der Waals surface area contributed by atoms with Gasteiger partial charge in [0.1, 0.15) is 18.2 Å². The van der Waals surface area contributed by atoms with E-state index < -0.39 is 0 Å². The number of carbonyl (C=O) groups is 1. The van der Waals surface area contributed by atoms with Crippen LogP contribution in [0.1, 0.15) is 16.6 Å². The van der Waals surface area contributed by atoms with Crippen LogP contribution in [0.2, 0.25) is 0 Å². The van der Waals surface area contributed by atoms with Gasteiger partial charge in [-0.25, -0.2) is 4.68 Å². The van der Waals surface area contributed by atoms with Gasteiger partial charge < -0.3 is 28.7 Å². The largest absolute Gasteiger partial charge is 0.459 e. The van der Waals surface area contributed by atoms with Crippen LogP contribution in [0.25, 0.3) is 11.4 Å². The lowest BCUT2D eigenvalue weighted by atomic mass is 10.1. The van der Waals surface area contributed by atoms with Crippen LogP contribution >= 0.6 is 0 Å². The molecule has 30 heavy (non-hydrogen) atoms. The SMILES string of the molecule is O=C(NC1COC2C1OCC2n1nnnc1-c1ccc2c(c1)OCO2)c1ccco1. The van der Waals surface area contributed by atoms with E-state index in [9.17, 15) is 4.79 Å². The molecule has 3 aliphatic heterocycles. The summed E-state index contributed by atoms with van der Waals surface area (Å²) >= 11 is 0. The number of hydrogen-bond acceptors (Lipinski definition) is 9. The van der Waals surface area contributed by atoms with Crippen LogP contribution in [0.15, 0.2) is 41.0 Å². The van der Waals surface area contributed by atoms with Crippen LogP contribution in [0, 0.1) is 0 Å². The number of nitrogens with zero attached hydrogens (tertiary/aromatic N) is 4. The molecule has 0 saturated carbocycles. The van der Waals surface area contributed by atoms with Gasteiger partial charge in [-0.05, 0) is 40.8 Å². The molecule has 6 rings (SSSR count). The van der Waals surface area contributed by atoms with Gasteiger partial charge in [-0.15, -0.1) is 5.10 Å². The fraction of sp³-hybridized carbons (Fsp3) is 0.368. The van der Waals surface area contributed by atoms with Gasteiger partial charge in [0.25, 0.3) is 5.91 Å². The number of fused-ring (bicyclic) bond motifs is 2. The van der Waals surface area contributed by atoms with E-state index in [0.717, 1.165) is 5.56 Å². The molecule has 1 aromatic carbocycles. The van der Waals surface area contributed by atoms with Crippen molar-refractivity contribution in [3.63, 3.8) is 0 Å². The molecule has 4 unspecified atom stereocenters. The maximum atomic E-state index is 12.3. The smallest absolute Gasteiger partial charge is 0.287 e. The third-order valence-corrected chi connectivity index (χ3v) is 5.53. The Morgan fingerprint density at radius 3 is 2.90 bits per heavy atom. The lowest BCUT2D eigenvalue weighted by molar-refractivity contribution is 0.0613.